The van der Waals surface area contributed by atoms with Gasteiger partial charge in [0.15, 0.2) is 0 Å². The number of rotatable bonds is 6. The van der Waals surface area contributed by atoms with E-state index in [-0.39, 0.29) is 0 Å². The molecule has 1 unspecified atom stereocenters. The zero-order valence-electron chi connectivity index (χ0n) is 10.7. The Hall–Kier alpha value is -1.37. The van der Waals surface area contributed by atoms with Gasteiger partial charge in [0.2, 0.25) is 0 Å². The van der Waals surface area contributed by atoms with Gasteiger partial charge in [0.1, 0.15) is 0 Å². The summed E-state index contributed by atoms with van der Waals surface area (Å²) in [7, 11) is 1.72. The molecule has 0 fully saturated rings. The third-order valence-corrected chi connectivity index (χ3v) is 2.80. The summed E-state index contributed by atoms with van der Waals surface area (Å²) < 4.78 is 5.18. The van der Waals surface area contributed by atoms with Gasteiger partial charge in [0.05, 0.1) is 18.2 Å². The standard InChI is InChI=1S/C14H20N2O/c1-11(2)14(10-17-3)16-9-13-6-4-12(8-15)5-7-13/h4-7,11,14,16H,9-10H2,1-3H3. The third kappa shape index (κ3) is 4.56. The number of nitrogens with zero attached hydrogens (tertiary/aromatic N) is 1. The lowest BCUT2D eigenvalue weighted by Gasteiger charge is -2.21. The lowest BCUT2D eigenvalue weighted by molar-refractivity contribution is 0.146. The van der Waals surface area contributed by atoms with Gasteiger partial charge in [-0.1, -0.05) is 26.0 Å². The first-order valence-corrected chi connectivity index (χ1v) is 5.88. The molecule has 1 N–H and O–H groups in total. The molecule has 92 valence electrons. The first kappa shape index (κ1) is 13.7. The molecule has 0 amide bonds. The van der Waals surface area contributed by atoms with Crippen molar-refractivity contribution in [1.29, 1.82) is 5.26 Å². The van der Waals surface area contributed by atoms with E-state index in [2.05, 4.69) is 25.2 Å². The van der Waals surface area contributed by atoms with Crippen LogP contribution in [0.15, 0.2) is 24.3 Å². The number of nitriles is 1. The van der Waals surface area contributed by atoms with Crippen molar-refractivity contribution in [2.24, 2.45) is 5.92 Å². The Labute approximate surface area is 103 Å². The molecule has 3 nitrogen and oxygen atoms in total. The van der Waals surface area contributed by atoms with Crippen LogP contribution in [0.5, 0.6) is 0 Å². The summed E-state index contributed by atoms with van der Waals surface area (Å²) in [6.45, 7) is 5.87. The molecule has 0 aliphatic rings. The van der Waals surface area contributed by atoms with Crippen molar-refractivity contribution in [3.05, 3.63) is 35.4 Å². The summed E-state index contributed by atoms with van der Waals surface area (Å²) in [6, 6.07) is 10.1. The normalized spacial score (nSPS) is 12.4. The predicted octanol–water partition coefficient (Wildman–Crippen LogP) is 2.32. The molecule has 1 atom stereocenters. The van der Waals surface area contributed by atoms with Crippen molar-refractivity contribution in [3.63, 3.8) is 0 Å². The zero-order valence-corrected chi connectivity index (χ0v) is 10.7. The van der Waals surface area contributed by atoms with Gasteiger partial charge >= 0.3 is 0 Å². The van der Waals surface area contributed by atoms with Gasteiger partial charge in [-0.25, -0.2) is 0 Å². The Morgan fingerprint density at radius 3 is 2.41 bits per heavy atom. The predicted molar refractivity (Wildman–Crippen MR) is 68.5 cm³/mol. The minimum Gasteiger partial charge on any atom is -0.383 e. The molecule has 3 heteroatoms. The number of hydrogen-bond donors (Lipinski definition) is 1. The van der Waals surface area contributed by atoms with Crippen molar-refractivity contribution in [1.82, 2.24) is 5.32 Å². The highest BCUT2D eigenvalue weighted by Crippen LogP contribution is 2.06. The zero-order chi connectivity index (χ0) is 12.7. The van der Waals surface area contributed by atoms with E-state index >= 15 is 0 Å². The molecule has 0 aliphatic heterocycles. The van der Waals surface area contributed by atoms with E-state index in [0.717, 1.165) is 6.54 Å². The second-order valence-electron chi connectivity index (χ2n) is 4.50. The Morgan fingerprint density at radius 2 is 1.94 bits per heavy atom. The van der Waals surface area contributed by atoms with Crippen LogP contribution in [-0.4, -0.2) is 19.8 Å². The number of nitrogens with one attached hydrogen (secondary N) is 1. The van der Waals surface area contributed by atoms with Crippen LogP contribution in [0.2, 0.25) is 0 Å². The molecule has 17 heavy (non-hydrogen) atoms. The maximum absolute atomic E-state index is 8.71. The van der Waals surface area contributed by atoms with E-state index in [0.29, 0.717) is 24.1 Å². The average molecular weight is 232 g/mol. The number of benzene rings is 1. The molecule has 0 bridgehead atoms. The highest BCUT2D eigenvalue weighted by Gasteiger charge is 2.11. The largest absolute Gasteiger partial charge is 0.383 e. The van der Waals surface area contributed by atoms with Crippen molar-refractivity contribution in [2.45, 2.75) is 26.4 Å². The van der Waals surface area contributed by atoms with Crippen LogP contribution in [0.4, 0.5) is 0 Å². The molecule has 0 heterocycles. The molecule has 0 radical (unpaired) electrons. The lowest BCUT2D eigenvalue weighted by atomic mass is 10.0. The molecular weight excluding hydrogens is 212 g/mol. The monoisotopic (exact) mass is 232 g/mol. The smallest absolute Gasteiger partial charge is 0.0991 e. The van der Waals surface area contributed by atoms with Crippen LogP contribution < -0.4 is 5.32 Å². The topological polar surface area (TPSA) is 45.0 Å². The van der Waals surface area contributed by atoms with Gasteiger partial charge in [-0.05, 0) is 23.6 Å². The van der Waals surface area contributed by atoms with Crippen molar-refractivity contribution < 1.29 is 4.74 Å². The summed E-state index contributed by atoms with van der Waals surface area (Å²) in [5.74, 6) is 0.535. The van der Waals surface area contributed by atoms with Crippen LogP contribution in [-0.2, 0) is 11.3 Å². The molecule has 0 saturated heterocycles. The van der Waals surface area contributed by atoms with E-state index < -0.39 is 0 Å². The second kappa shape index (κ2) is 7.05. The fourth-order valence-corrected chi connectivity index (χ4v) is 1.61. The van der Waals surface area contributed by atoms with Crippen LogP contribution in [0.3, 0.4) is 0 Å². The Balaban J connectivity index is 2.50. The fraction of sp³-hybridized carbons (Fsp3) is 0.500. The first-order chi connectivity index (χ1) is 8.17. The summed E-state index contributed by atoms with van der Waals surface area (Å²) in [5, 5.41) is 12.2. The molecule has 1 aromatic carbocycles. The number of methoxy groups -OCH3 is 1. The lowest BCUT2D eigenvalue weighted by Crippen LogP contribution is -2.37. The quantitative estimate of drug-likeness (QED) is 0.818. The molecule has 1 aromatic rings. The van der Waals surface area contributed by atoms with Crippen LogP contribution in [0.25, 0.3) is 0 Å². The minimum absolute atomic E-state index is 0.357. The van der Waals surface area contributed by atoms with Crippen molar-refractivity contribution >= 4 is 0 Å². The Morgan fingerprint density at radius 1 is 1.29 bits per heavy atom. The van der Waals surface area contributed by atoms with Crippen LogP contribution in [0.1, 0.15) is 25.0 Å². The highest BCUT2D eigenvalue weighted by molar-refractivity contribution is 5.31. The van der Waals surface area contributed by atoms with Gasteiger partial charge in [-0.3, -0.25) is 0 Å². The van der Waals surface area contributed by atoms with E-state index in [9.17, 15) is 0 Å². The molecule has 0 saturated carbocycles. The average Bonchev–Trinajstić information content (AvgIpc) is 2.34. The molecule has 1 rings (SSSR count). The Bertz CT molecular complexity index is 365. The summed E-state index contributed by atoms with van der Waals surface area (Å²) in [4.78, 5) is 0. The third-order valence-electron chi connectivity index (χ3n) is 2.80. The van der Waals surface area contributed by atoms with Crippen LogP contribution in [0, 0.1) is 17.2 Å². The van der Waals surface area contributed by atoms with Gasteiger partial charge in [0.25, 0.3) is 0 Å². The van der Waals surface area contributed by atoms with Gasteiger partial charge < -0.3 is 10.1 Å². The van der Waals surface area contributed by atoms with Gasteiger partial charge in [-0.2, -0.15) is 5.26 Å². The molecule has 0 aromatic heterocycles. The van der Waals surface area contributed by atoms with E-state index in [4.69, 9.17) is 10.00 Å². The van der Waals surface area contributed by atoms with Crippen molar-refractivity contribution in [2.75, 3.05) is 13.7 Å². The summed E-state index contributed by atoms with van der Waals surface area (Å²) in [6.07, 6.45) is 0. The van der Waals surface area contributed by atoms with Gasteiger partial charge in [0, 0.05) is 19.7 Å². The fourth-order valence-electron chi connectivity index (χ4n) is 1.61. The summed E-state index contributed by atoms with van der Waals surface area (Å²) >= 11 is 0. The van der Waals surface area contributed by atoms with E-state index in [1.165, 1.54) is 5.56 Å². The molecular formula is C14H20N2O. The Kier molecular flexibility index (Phi) is 5.68. The molecule has 0 aliphatic carbocycles. The minimum atomic E-state index is 0.357. The van der Waals surface area contributed by atoms with E-state index in [1.54, 1.807) is 7.11 Å². The van der Waals surface area contributed by atoms with E-state index in [1.807, 2.05) is 24.3 Å². The van der Waals surface area contributed by atoms with Gasteiger partial charge in [-0.15, -0.1) is 0 Å². The molecule has 0 spiro atoms. The highest BCUT2D eigenvalue weighted by atomic mass is 16.5. The van der Waals surface area contributed by atoms with Crippen LogP contribution >= 0.6 is 0 Å². The van der Waals surface area contributed by atoms with Crippen molar-refractivity contribution in [3.8, 4) is 6.07 Å². The number of hydrogen-bond acceptors (Lipinski definition) is 3. The first-order valence-electron chi connectivity index (χ1n) is 5.88. The summed E-state index contributed by atoms with van der Waals surface area (Å²) in [5.41, 5.74) is 1.89. The maximum Gasteiger partial charge on any atom is 0.0991 e. The second-order valence-corrected chi connectivity index (χ2v) is 4.50. The SMILES string of the molecule is COCC(NCc1ccc(C#N)cc1)C(C)C. The maximum atomic E-state index is 8.71. The number of ether oxygens (including phenoxy) is 1.